The number of rotatable bonds is 14. The van der Waals surface area contributed by atoms with Crippen molar-refractivity contribution >= 4 is 35.5 Å². The number of urea groups is 1. The van der Waals surface area contributed by atoms with E-state index in [0.29, 0.717) is 17.8 Å². The molecule has 1 rings (SSSR count). The molecule has 1 aromatic rings. The minimum atomic E-state index is -3.51. The maximum absolute atomic E-state index is 13.1. The van der Waals surface area contributed by atoms with Crippen molar-refractivity contribution in [1.82, 2.24) is 10.2 Å². The zero-order valence-corrected chi connectivity index (χ0v) is 21.8. The number of halogens is 1. The van der Waals surface area contributed by atoms with E-state index in [-0.39, 0.29) is 31.8 Å². The number of amides is 2. The third kappa shape index (κ3) is 9.90. The van der Waals surface area contributed by atoms with E-state index >= 15 is 0 Å². The summed E-state index contributed by atoms with van der Waals surface area (Å²) in [5.74, 6) is 0.129. The second-order valence-electron chi connectivity index (χ2n) is 7.33. The Balaban J connectivity index is 3.06. The molecule has 0 bridgehead atoms. The average molecular weight is 537 g/mol. The fourth-order valence-corrected chi connectivity index (χ4v) is 4.95. The van der Waals surface area contributed by atoms with Gasteiger partial charge < -0.3 is 28.7 Å². The van der Waals surface area contributed by atoms with Crippen LogP contribution >= 0.6 is 23.5 Å². The molecule has 0 aromatic heterocycles. The summed E-state index contributed by atoms with van der Waals surface area (Å²) >= 11 is 3.21. The van der Waals surface area contributed by atoms with Gasteiger partial charge in [-0.25, -0.2) is 9.59 Å². The molecular formula is C21H34BrN2O7P. The summed E-state index contributed by atoms with van der Waals surface area (Å²) in [5, 5.41) is 2.71. The van der Waals surface area contributed by atoms with E-state index in [9.17, 15) is 14.2 Å². The normalized spacial score (nSPS) is 12.3. The van der Waals surface area contributed by atoms with Gasteiger partial charge in [0.1, 0.15) is 23.6 Å². The van der Waals surface area contributed by atoms with Gasteiger partial charge in [-0.15, -0.1) is 0 Å². The highest BCUT2D eigenvalue weighted by molar-refractivity contribution is 9.09. The predicted octanol–water partition coefficient (Wildman–Crippen LogP) is 4.39. The van der Waals surface area contributed by atoms with E-state index in [4.69, 9.17) is 18.5 Å². The fraction of sp³-hybridized carbons (Fsp3) is 0.619. The van der Waals surface area contributed by atoms with Crippen LogP contribution in [0.15, 0.2) is 24.3 Å². The zero-order chi connectivity index (χ0) is 24.1. The van der Waals surface area contributed by atoms with Crippen LogP contribution in [0.1, 0.15) is 33.3 Å². The maximum atomic E-state index is 13.1. The highest BCUT2D eigenvalue weighted by Gasteiger charge is 2.32. The van der Waals surface area contributed by atoms with Gasteiger partial charge in [0.25, 0.3) is 0 Å². The number of nitrogens with zero attached hydrogens (tertiary/aromatic N) is 1. The third-order valence-corrected chi connectivity index (χ3v) is 6.43. The Morgan fingerprint density at radius 3 is 2.38 bits per heavy atom. The smallest absolute Gasteiger partial charge is 0.349 e. The van der Waals surface area contributed by atoms with Crippen LogP contribution in [0.2, 0.25) is 0 Å². The molecule has 1 N–H and O–H groups in total. The van der Waals surface area contributed by atoms with Crippen molar-refractivity contribution in [1.29, 1.82) is 0 Å². The lowest BCUT2D eigenvalue weighted by Gasteiger charge is -2.29. The molecule has 32 heavy (non-hydrogen) atoms. The van der Waals surface area contributed by atoms with Gasteiger partial charge in [0, 0.05) is 13.0 Å². The molecule has 0 aliphatic heterocycles. The van der Waals surface area contributed by atoms with Crippen LogP contribution in [0, 0.1) is 5.92 Å². The molecule has 1 aromatic carbocycles. The molecule has 0 fully saturated rings. The first-order chi connectivity index (χ1) is 15.2. The zero-order valence-electron chi connectivity index (χ0n) is 19.3. The van der Waals surface area contributed by atoms with Gasteiger partial charge >= 0.3 is 19.6 Å². The van der Waals surface area contributed by atoms with Crippen LogP contribution in [0.4, 0.5) is 4.79 Å². The molecule has 11 heteroatoms. The van der Waals surface area contributed by atoms with Crippen LogP contribution in [0.25, 0.3) is 0 Å². The fourth-order valence-electron chi connectivity index (χ4n) is 3.00. The number of hydrogen-bond donors (Lipinski definition) is 1. The Kier molecular flexibility index (Phi) is 12.9. The van der Waals surface area contributed by atoms with Crippen LogP contribution in [0.3, 0.4) is 0 Å². The van der Waals surface area contributed by atoms with E-state index in [1.807, 2.05) is 19.9 Å². The quantitative estimate of drug-likeness (QED) is 0.213. The first-order valence-corrected chi connectivity index (χ1v) is 13.3. The standard InChI is InChI=1S/C21H34BrN2O7P/c1-6-30-32(27,31-7-2)15-24(13-16(3)4)21(26)23-19(20(25)28-5)12-17-9-8-10-18(11-17)29-14-22/h8-11,16,19H,6-7,12-15H2,1-5H3,(H,23,26). The lowest BCUT2D eigenvalue weighted by molar-refractivity contribution is -0.142. The SMILES string of the molecule is CCOP(=O)(CN(CC(C)C)C(=O)NC(Cc1cccc(OCBr)c1)C(=O)OC)OCC. The van der Waals surface area contributed by atoms with Crippen molar-refractivity contribution in [3.05, 3.63) is 29.8 Å². The number of methoxy groups -OCH3 is 1. The molecule has 0 aliphatic carbocycles. The predicted molar refractivity (Wildman–Crippen MR) is 126 cm³/mol. The third-order valence-electron chi connectivity index (χ3n) is 4.21. The van der Waals surface area contributed by atoms with E-state index in [1.54, 1.807) is 32.0 Å². The van der Waals surface area contributed by atoms with E-state index in [2.05, 4.69) is 21.2 Å². The monoisotopic (exact) mass is 536 g/mol. The summed E-state index contributed by atoms with van der Waals surface area (Å²) in [6.45, 7) is 7.95. The van der Waals surface area contributed by atoms with Crippen molar-refractivity contribution in [3.8, 4) is 5.75 Å². The Morgan fingerprint density at radius 1 is 1.19 bits per heavy atom. The number of alkyl halides is 1. The van der Waals surface area contributed by atoms with Crippen molar-refractivity contribution in [2.24, 2.45) is 5.92 Å². The first-order valence-electron chi connectivity index (χ1n) is 10.5. The molecule has 0 saturated heterocycles. The van der Waals surface area contributed by atoms with Crippen molar-refractivity contribution in [2.45, 2.75) is 40.2 Å². The second kappa shape index (κ2) is 14.5. The average Bonchev–Trinajstić information content (AvgIpc) is 2.72. The molecule has 0 heterocycles. The minimum absolute atomic E-state index is 0.0899. The molecule has 1 atom stereocenters. The Hall–Kier alpha value is -1.61. The van der Waals surface area contributed by atoms with E-state index in [0.717, 1.165) is 5.56 Å². The molecule has 9 nitrogen and oxygen atoms in total. The largest absolute Gasteiger partial charge is 0.482 e. The van der Waals surface area contributed by atoms with Crippen molar-refractivity contribution in [2.75, 3.05) is 38.7 Å². The lowest BCUT2D eigenvalue weighted by Crippen LogP contribution is -2.50. The number of ether oxygens (including phenoxy) is 2. The van der Waals surface area contributed by atoms with Gasteiger partial charge in [0.2, 0.25) is 0 Å². The van der Waals surface area contributed by atoms with Gasteiger partial charge in [-0.3, -0.25) is 4.57 Å². The second-order valence-corrected chi connectivity index (χ2v) is 9.81. The van der Waals surface area contributed by atoms with Gasteiger partial charge in [-0.05, 0) is 53.4 Å². The lowest BCUT2D eigenvalue weighted by atomic mass is 10.1. The van der Waals surface area contributed by atoms with Crippen LogP contribution in [-0.2, 0) is 29.6 Å². The summed E-state index contributed by atoms with van der Waals surface area (Å²) in [7, 11) is -2.25. The Bertz CT molecular complexity index is 768. The van der Waals surface area contributed by atoms with Gasteiger partial charge in [0.05, 0.1) is 20.3 Å². The molecule has 182 valence electrons. The number of carbonyl (C=O) groups is 2. The Morgan fingerprint density at radius 2 is 1.84 bits per heavy atom. The summed E-state index contributed by atoms with van der Waals surface area (Å²) in [6.07, 6.45) is -0.0246. The summed E-state index contributed by atoms with van der Waals surface area (Å²) in [5.41, 5.74) is 1.11. The van der Waals surface area contributed by atoms with E-state index < -0.39 is 25.6 Å². The van der Waals surface area contributed by atoms with Gasteiger partial charge in [0.15, 0.2) is 0 Å². The number of nitrogens with one attached hydrogen (secondary N) is 1. The topological polar surface area (TPSA) is 103 Å². The van der Waals surface area contributed by atoms with Crippen LogP contribution < -0.4 is 10.1 Å². The summed E-state index contributed by atoms with van der Waals surface area (Å²) in [6, 6.07) is 5.71. The first kappa shape index (κ1) is 28.4. The molecule has 0 aliphatic rings. The van der Waals surface area contributed by atoms with Crippen molar-refractivity contribution in [3.63, 3.8) is 0 Å². The minimum Gasteiger partial charge on any atom is -0.482 e. The maximum Gasteiger partial charge on any atom is 0.349 e. The highest BCUT2D eigenvalue weighted by atomic mass is 79.9. The molecule has 1 unspecified atom stereocenters. The summed E-state index contributed by atoms with van der Waals surface area (Å²) in [4.78, 5) is 26.9. The number of benzene rings is 1. The molecule has 0 saturated carbocycles. The molecule has 2 amide bonds. The summed E-state index contributed by atoms with van der Waals surface area (Å²) < 4.78 is 34.0. The van der Waals surface area contributed by atoms with Crippen molar-refractivity contribution < 1.29 is 32.7 Å². The Labute approximate surface area is 198 Å². The van der Waals surface area contributed by atoms with E-state index in [1.165, 1.54) is 12.0 Å². The van der Waals surface area contributed by atoms with Gasteiger partial charge in [-0.1, -0.05) is 26.0 Å². The highest BCUT2D eigenvalue weighted by Crippen LogP contribution is 2.48. The number of carbonyl (C=O) groups excluding carboxylic acids is 2. The molecule has 0 radical (unpaired) electrons. The van der Waals surface area contributed by atoms with Crippen LogP contribution in [-0.4, -0.2) is 61.6 Å². The number of esters is 1. The molecule has 0 spiro atoms. The van der Waals surface area contributed by atoms with Crippen LogP contribution in [0.5, 0.6) is 5.75 Å². The number of hydrogen-bond acceptors (Lipinski definition) is 7. The van der Waals surface area contributed by atoms with Gasteiger partial charge in [-0.2, -0.15) is 0 Å². The molecular weight excluding hydrogens is 503 g/mol.